The summed E-state index contributed by atoms with van der Waals surface area (Å²) < 4.78 is 0. The Bertz CT molecular complexity index is 98.3. The second-order valence-corrected chi connectivity index (χ2v) is 6.32. The van der Waals surface area contributed by atoms with Crippen molar-refractivity contribution in [3.8, 4) is 0 Å². The second-order valence-electron chi connectivity index (χ2n) is 6.32. The predicted molar refractivity (Wildman–Crippen MR) is 76.8 cm³/mol. The van der Waals surface area contributed by atoms with Crippen LogP contribution in [-0.4, -0.2) is 11.2 Å². The molecular weight excluding hydrogens is 196 g/mol. The quantitative estimate of drug-likeness (QED) is 0.603. The minimum atomic E-state index is 0.0648. The molecule has 1 heteroatoms. The van der Waals surface area contributed by atoms with Crippen LogP contribution in [0.4, 0.5) is 0 Å². The van der Waals surface area contributed by atoms with E-state index in [-0.39, 0.29) is 6.10 Å². The van der Waals surface area contributed by atoms with Crippen LogP contribution in [0.3, 0.4) is 0 Å². The minimum absolute atomic E-state index is 0.0648. The van der Waals surface area contributed by atoms with E-state index in [1.54, 1.807) is 0 Å². The van der Waals surface area contributed by atoms with Crippen molar-refractivity contribution in [2.24, 2.45) is 11.3 Å². The molecule has 1 rings (SSSR count). The van der Waals surface area contributed by atoms with Crippen LogP contribution in [0.5, 0.6) is 0 Å². The first-order valence-electron chi connectivity index (χ1n) is 6.81. The molecule has 0 heterocycles. The maximum absolute atomic E-state index is 8.45. The fourth-order valence-electron chi connectivity index (χ4n) is 0.387. The fraction of sp³-hybridized carbons (Fsp3) is 1.00. The molecule has 1 aliphatic rings. The topological polar surface area (TPSA) is 20.2 Å². The maximum Gasteiger partial charge on any atom is 0.0540 e. The molecule has 0 aromatic carbocycles. The van der Waals surface area contributed by atoms with Crippen LogP contribution in [0.2, 0.25) is 0 Å². The Labute approximate surface area is 105 Å². The third-order valence-corrected chi connectivity index (χ3v) is 1.07. The average molecular weight is 232 g/mol. The average Bonchev–Trinajstić information content (AvgIpc) is 2.00. The Kier molecular flexibility index (Phi) is 17.3. The Morgan fingerprint density at radius 1 is 0.938 bits per heavy atom. The van der Waals surface area contributed by atoms with Crippen molar-refractivity contribution in [2.75, 3.05) is 0 Å². The van der Waals surface area contributed by atoms with Gasteiger partial charge in [0.05, 0.1) is 6.10 Å². The third-order valence-electron chi connectivity index (χ3n) is 1.07. The molecule has 1 N–H and O–H groups in total. The summed E-state index contributed by atoms with van der Waals surface area (Å²) in [4.78, 5) is 0. The minimum Gasteiger partial charge on any atom is -0.393 e. The van der Waals surface area contributed by atoms with E-state index < -0.39 is 0 Å². The molecule has 1 fully saturated rings. The summed E-state index contributed by atoms with van der Waals surface area (Å²) >= 11 is 0. The van der Waals surface area contributed by atoms with Crippen molar-refractivity contribution in [1.82, 2.24) is 0 Å². The first kappa shape index (κ1) is 21.3. The van der Waals surface area contributed by atoms with E-state index >= 15 is 0 Å². The number of aliphatic hydroxyl groups excluding tert-OH is 1. The van der Waals surface area contributed by atoms with Gasteiger partial charge in [-0.15, -0.1) is 0 Å². The van der Waals surface area contributed by atoms with E-state index in [1.807, 2.05) is 13.8 Å². The highest BCUT2D eigenvalue weighted by Crippen LogP contribution is 2.16. The summed E-state index contributed by atoms with van der Waals surface area (Å²) in [5.74, 6) is 0.833. The van der Waals surface area contributed by atoms with Gasteiger partial charge in [0.2, 0.25) is 0 Å². The molecule has 102 valence electrons. The number of hydrogen-bond acceptors (Lipinski definition) is 1. The molecule has 0 aromatic rings. The van der Waals surface area contributed by atoms with E-state index in [0.717, 1.165) is 18.8 Å². The van der Waals surface area contributed by atoms with Gasteiger partial charge in [-0.05, 0) is 30.6 Å². The SMILES string of the molecule is CC.CC(C)(C)C.CC(C)C.OC1CCC1. The Hall–Kier alpha value is -0.0400. The van der Waals surface area contributed by atoms with Gasteiger partial charge in [-0.1, -0.05) is 62.3 Å². The molecule has 0 amide bonds. The lowest BCUT2D eigenvalue weighted by Gasteiger charge is -2.17. The molecule has 0 saturated heterocycles. The summed E-state index contributed by atoms with van der Waals surface area (Å²) in [6.07, 6.45) is 3.39. The van der Waals surface area contributed by atoms with Gasteiger partial charge in [-0.25, -0.2) is 0 Å². The molecule has 0 aliphatic heterocycles. The monoisotopic (exact) mass is 232 g/mol. The van der Waals surface area contributed by atoms with E-state index in [2.05, 4.69) is 48.5 Å². The van der Waals surface area contributed by atoms with Crippen LogP contribution >= 0.6 is 0 Å². The van der Waals surface area contributed by atoms with Crippen molar-refractivity contribution in [3.63, 3.8) is 0 Å². The van der Waals surface area contributed by atoms with Crippen LogP contribution in [0.25, 0.3) is 0 Å². The van der Waals surface area contributed by atoms with Crippen molar-refractivity contribution < 1.29 is 5.11 Å². The smallest absolute Gasteiger partial charge is 0.0540 e. The normalized spacial score (nSPS) is 14.4. The van der Waals surface area contributed by atoms with Crippen LogP contribution < -0.4 is 0 Å². The highest BCUT2D eigenvalue weighted by atomic mass is 16.3. The van der Waals surface area contributed by atoms with E-state index in [0.29, 0.717) is 5.41 Å². The Morgan fingerprint density at radius 2 is 1.06 bits per heavy atom. The molecule has 0 atom stereocenters. The largest absolute Gasteiger partial charge is 0.393 e. The molecule has 0 spiro atoms. The zero-order valence-corrected chi connectivity index (χ0v) is 13.2. The molecule has 16 heavy (non-hydrogen) atoms. The summed E-state index contributed by atoms with van der Waals surface area (Å²) in [5.41, 5.74) is 0.500. The molecule has 0 radical (unpaired) electrons. The van der Waals surface area contributed by atoms with Crippen molar-refractivity contribution in [1.29, 1.82) is 0 Å². The van der Waals surface area contributed by atoms with Crippen LogP contribution in [0, 0.1) is 11.3 Å². The fourth-order valence-corrected chi connectivity index (χ4v) is 0.387. The molecular formula is C15H36O. The molecule has 0 aromatic heterocycles. The first-order chi connectivity index (χ1) is 7.13. The molecule has 0 unspecified atom stereocenters. The molecule has 1 nitrogen and oxygen atoms in total. The number of hydrogen-bond donors (Lipinski definition) is 1. The standard InChI is InChI=1S/C5H12.C4H8O.C4H10.C2H6/c1-5(2,3)4;5-4-2-1-3-4;1-4(2)3;1-2/h1-4H3;4-5H,1-3H2;4H,1-3H3;1-2H3. The van der Waals surface area contributed by atoms with Gasteiger partial charge >= 0.3 is 0 Å². The second kappa shape index (κ2) is 13.0. The summed E-state index contributed by atoms with van der Waals surface area (Å²) in [5, 5.41) is 8.45. The van der Waals surface area contributed by atoms with Gasteiger partial charge in [0.25, 0.3) is 0 Å². The lowest BCUT2D eigenvalue weighted by Crippen LogP contribution is -2.15. The Morgan fingerprint density at radius 3 is 1.06 bits per heavy atom. The van der Waals surface area contributed by atoms with Gasteiger partial charge in [0.15, 0.2) is 0 Å². The van der Waals surface area contributed by atoms with E-state index in [4.69, 9.17) is 5.11 Å². The summed E-state index contributed by atoms with van der Waals surface area (Å²) in [6.45, 7) is 19.2. The number of aliphatic hydroxyl groups is 1. The lowest BCUT2D eigenvalue weighted by molar-refractivity contribution is 0.0950. The van der Waals surface area contributed by atoms with Crippen LogP contribution in [-0.2, 0) is 0 Å². The van der Waals surface area contributed by atoms with Crippen molar-refractivity contribution in [2.45, 2.75) is 87.7 Å². The zero-order chi connectivity index (χ0) is 13.8. The zero-order valence-electron chi connectivity index (χ0n) is 13.2. The Balaban J connectivity index is -0.000000148. The van der Waals surface area contributed by atoms with E-state index in [1.165, 1.54) is 6.42 Å². The van der Waals surface area contributed by atoms with Gasteiger partial charge < -0.3 is 5.11 Å². The molecule has 1 aliphatic carbocycles. The number of rotatable bonds is 0. The van der Waals surface area contributed by atoms with Crippen LogP contribution in [0.15, 0.2) is 0 Å². The summed E-state index contributed by atoms with van der Waals surface area (Å²) in [7, 11) is 0. The van der Waals surface area contributed by atoms with E-state index in [9.17, 15) is 0 Å². The van der Waals surface area contributed by atoms with Gasteiger partial charge in [0, 0.05) is 0 Å². The van der Waals surface area contributed by atoms with Crippen molar-refractivity contribution in [3.05, 3.63) is 0 Å². The highest BCUT2D eigenvalue weighted by Gasteiger charge is 2.11. The highest BCUT2D eigenvalue weighted by molar-refractivity contribution is 4.65. The lowest BCUT2D eigenvalue weighted by atomic mass is 9.97. The molecule has 1 saturated carbocycles. The maximum atomic E-state index is 8.45. The van der Waals surface area contributed by atoms with Crippen LogP contribution in [0.1, 0.15) is 81.6 Å². The predicted octanol–water partition coefficient (Wildman–Crippen LogP) is 5.27. The summed E-state index contributed by atoms with van der Waals surface area (Å²) in [6, 6.07) is 0. The van der Waals surface area contributed by atoms with Gasteiger partial charge in [-0.2, -0.15) is 0 Å². The van der Waals surface area contributed by atoms with Gasteiger partial charge in [0.1, 0.15) is 0 Å². The molecule has 0 bridgehead atoms. The van der Waals surface area contributed by atoms with Crippen molar-refractivity contribution >= 4 is 0 Å². The van der Waals surface area contributed by atoms with Gasteiger partial charge in [-0.3, -0.25) is 0 Å². The first-order valence-corrected chi connectivity index (χ1v) is 6.81. The third kappa shape index (κ3) is 66.0.